The summed E-state index contributed by atoms with van der Waals surface area (Å²) in [6, 6.07) is 8.79. The van der Waals surface area contributed by atoms with Gasteiger partial charge in [-0.2, -0.15) is 0 Å². The summed E-state index contributed by atoms with van der Waals surface area (Å²) in [5.74, 6) is 0.568. The van der Waals surface area contributed by atoms with Crippen molar-refractivity contribution in [2.75, 3.05) is 24.0 Å². The predicted octanol–water partition coefficient (Wildman–Crippen LogP) is 2.96. The molecule has 2 amide bonds. The minimum Gasteiger partial charge on any atom is -0.454 e. The highest BCUT2D eigenvalue weighted by Gasteiger charge is 2.39. The third kappa shape index (κ3) is 4.59. The fourth-order valence-corrected chi connectivity index (χ4v) is 6.33. The molecule has 1 N–H and O–H groups in total. The third-order valence-corrected chi connectivity index (χ3v) is 8.23. The van der Waals surface area contributed by atoms with Crippen LogP contribution in [0.15, 0.2) is 39.7 Å². The van der Waals surface area contributed by atoms with Gasteiger partial charge in [-0.3, -0.25) is 9.59 Å². The van der Waals surface area contributed by atoms with Crippen molar-refractivity contribution in [2.24, 2.45) is 5.92 Å². The highest BCUT2D eigenvalue weighted by Crippen LogP contribution is 2.41. The summed E-state index contributed by atoms with van der Waals surface area (Å²) in [6.07, 6.45) is 2.15. The van der Waals surface area contributed by atoms with E-state index >= 15 is 0 Å². The predicted molar refractivity (Wildman–Crippen MR) is 124 cm³/mol. The Bertz CT molecular complexity index is 1240. The van der Waals surface area contributed by atoms with Gasteiger partial charge in [0.2, 0.25) is 18.6 Å². The minimum absolute atomic E-state index is 0.00268. The van der Waals surface area contributed by atoms with Crippen LogP contribution in [0.4, 0.5) is 5.69 Å². The van der Waals surface area contributed by atoms with Gasteiger partial charge in [-0.1, -0.05) is 22.0 Å². The average molecular weight is 535 g/mol. The maximum atomic E-state index is 13.2. The smallest absolute Gasteiger partial charge is 0.231 e. The summed E-state index contributed by atoms with van der Waals surface area (Å²) in [4.78, 5) is 26.9. The van der Waals surface area contributed by atoms with Crippen LogP contribution < -0.4 is 19.7 Å². The van der Waals surface area contributed by atoms with Crippen LogP contribution in [0.2, 0.25) is 0 Å². The molecule has 0 spiro atoms. The van der Waals surface area contributed by atoms with E-state index in [0.29, 0.717) is 34.6 Å². The molecule has 174 valence electrons. The van der Waals surface area contributed by atoms with Crippen LogP contribution in [0.5, 0.6) is 11.5 Å². The zero-order valence-corrected chi connectivity index (χ0v) is 20.2. The average Bonchev–Trinajstić information content (AvgIpc) is 3.39. The van der Waals surface area contributed by atoms with Gasteiger partial charge < -0.3 is 19.7 Å². The van der Waals surface area contributed by atoms with Crippen LogP contribution in [0.3, 0.4) is 0 Å². The molecule has 33 heavy (non-hydrogen) atoms. The second-order valence-corrected chi connectivity index (χ2v) is 11.5. The SMILES string of the molecule is O=C(CCS(=O)(=O)c1cc(Br)cc2c1N(C(=O)C1CC1)CC2)NCc1ccc2c(c1)OCO2. The number of halogens is 1. The first kappa shape index (κ1) is 22.2. The number of rotatable bonds is 7. The zero-order valence-electron chi connectivity index (χ0n) is 17.8. The second kappa shape index (κ2) is 8.64. The second-order valence-electron chi connectivity index (χ2n) is 8.46. The molecular formula is C23H23BrN2O6S. The van der Waals surface area contributed by atoms with Gasteiger partial charge >= 0.3 is 0 Å². The summed E-state index contributed by atoms with van der Waals surface area (Å²) in [5, 5.41) is 2.75. The molecule has 0 atom stereocenters. The molecule has 1 fully saturated rings. The monoisotopic (exact) mass is 534 g/mol. The van der Waals surface area contributed by atoms with Crippen LogP contribution in [-0.2, 0) is 32.4 Å². The number of ether oxygens (including phenoxy) is 2. The lowest BCUT2D eigenvalue weighted by Crippen LogP contribution is -2.31. The van der Waals surface area contributed by atoms with Gasteiger partial charge in [-0.05, 0) is 54.7 Å². The van der Waals surface area contributed by atoms with Crippen LogP contribution in [-0.4, -0.2) is 39.3 Å². The first-order valence-electron chi connectivity index (χ1n) is 10.8. The van der Waals surface area contributed by atoms with E-state index in [9.17, 15) is 18.0 Å². The number of carbonyl (C=O) groups excluding carboxylic acids is 2. The number of nitrogens with one attached hydrogen (secondary N) is 1. The number of carbonyl (C=O) groups is 2. The van der Waals surface area contributed by atoms with E-state index in [1.165, 1.54) is 6.07 Å². The van der Waals surface area contributed by atoms with Crippen molar-refractivity contribution in [2.45, 2.75) is 37.1 Å². The summed E-state index contributed by atoms with van der Waals surface area (Å²) < 4.78 is 37.7. The normalized spacial score (nSPS) is 16.6. The fraction of sp³-hybridized carbons (Fsp3) is 0.391. The van der Waals surface area contributed by atoms with Crippen molar-refractivity contribution >= 4 is 43.3 Å². The topological polar surface area (TPSA) is 102 Å². The number of anilines is 1. The molecule has 1 aliphatic carbocycles. The fourth-order valence-electron chi connectivity index (χ4n) is 4.15. The lowest BCUT2D eigenvalue weighted by atomic mass is 10.2. The Morgan fingerprint density at radius 3 is 2.70 bits per heavy atom. The molecule has 2 aromatic rings. The van der Waals surface area contributed by atoms with Crippen molar-refractivity contribution in [3.8, 4) is 11.5 Å². The quantitative estimate of drug-likeness (QED) is 0.585. The lowest BCUT2D eigenvalue weighted by molar-refractivity contribution is -0.121. The Labute approximate surface area is 200 Å². The lowest BCUT2D eigenvalue weighted by Gasteiger charge is -2.20. The minimum atomic E-state index is -3.79. The molecule has 5 rings (SSSR count). The molecule has 3 aliphatic rings. The van der Waals surface area contributed by atoms with E-state index < -0.39 is 9.84 Å². The van der Waals surface area contributed by atoms with E-state index in [1.807, 2.05) is 12.1 Å². The van der Waals surface area contributed by atoms with E-state index in [2.05, 4.69) is 21.2 Å². The highest BCUT2D eigenvalue weighted by molar-refractivity contribution is 9.10. The zero-order chi connectivity index (χ0) is 23.2. The number of nitrogens with zero attached hydrogens (tertiary/aromatic N) is 1. The Balaban J connectivity index is 1.26. The van der Waals surface area contributed by atoms with Gasteiger partial charge in [0.15, 0.2) is 21.3 Å². The molecule has 2 aliphatic heterocycles. The largest absolute Gasteiger partial charge is 0.454 e. The van der Waals surface area contributed by atoms with Crippen molar-refractivity contribution in [1.29, 1.82) is 0 Å². The number of hydrogen-bond donors (Lipinski definition) is 1. The Kier molecular flexibility index (Phi) is 5.82. The first-order valence-corrected chi connectivity index (χ1v) is 13.3. The molecule has 2 aromatic carbocycles. The van der Waals surface area contributed by atoms with E-state index in [-0.39, 0.29) is 48.1 Å². The van der Waals surface area contributed by atoms with Gasteiger partial charge in [-0.25, -0.2) is 8.42 Å². The van der Waals surface area contributed by atoms with Gasteiger partial charge in [0.1, 0.15) is 0 Å². The molecule has 0 saturated heterocycles. The van der Waals surface area contributed by atoms with E-state index in [1.54, 1.807) is 17.0 Å². The molecule has 0 aromatic heterocycles. The molecule has 2 heterocycles. The Morgan fingerprint density at radius 2 is 1.91 bits per heavy atom. The van der Waals surface area contributed by atoms with Gasteiger partial charge in [0.25, 0.3) is 0 Å². The highest BCUT2D eigenvalue weighted by atomic mass is 79.9. The Morgan fingerprint density at radius 1 is 1.12 bits per heavy atom. The standard InChI is InChI=1S/C23H23BrN2O6S/c24-17-10-16-5-7-26(23(28)15-2-3-15)22(16)20(11-17)33(29,30)8-6-21(27)25-12-14-1-4-18-19(9-14)32-13-31-18/h1,4,9-11,15H,2-3,5-8,12-13H2,(H,25,27). The number of fused-ring (bicyclic) bond motifs is 2. The summed E-state index contributed by atoms with van der Waals surface area (Å²) in [7, 11) is -3.79. The third-order valence-electron chi connectivity index (χ3n) is 6.05. The maximum Gasteiger partial charge on any atom is 0.231 e. The van der Waals surface area contributed by atoms with Crippen LogP contribution in [0.1, 0.15) is 30.4 Å². The van der Waals surface area contributed by atoms with Crippen LogP contribution >= 0.6 is 15.9 Å². The molecule has 0 radical (unpaired) electrons. The van der Waals surface area contributed by atoms with Crippen molar-refractivity contribution in [3.63, 3.8) is 0 Å². The summed E-state index contributed by atoms with van der Waals surface area (Å²) >= 11 is 3.39. The number of amides is 2. The maximum absolute atomic E-state index is 13.2. The molecule has 10 heteroatoms. The molecule has 8 nitrogen and oxygen atoms in total. The van der Waals surface area contributed by atoms with Gasteiger partial charge in [0, 0.05) is 29.9 Å². The number of hydrogen-bond acceptors (Lipinski definition) is 6. The van der Waals surface area contributed by atoms with Crippen molar-refractivity contribution in [3.05, 3.63) is 45.9 Å². The Hall–Kier alpha value is -2.59. The van der Waals surface area contributed by atoms with Crippen LogP contribution in [0.25, 0.3) is 0 Å². The van der Waals surface area contributed by atoms with Crippen molar-refractivity contribution in [1.82, 2.24) is 5.32 Å². The molecular weight excluding hydrogens is 512 g/mol. The number of benzene rings is 2. The van der Waals surface area contributed by atoms with Crippen LogP contribution in [0, 0.1) is 5.92 Å². The number of sulfone groups is 1. The van der Waals surface area contributed by atoms with Crippen molar-refractivity contribution < 1.29 is 27.5 Å². The summed E-state index contributed by atoms with van der Waals surface area (Å²) in [6.45, 7) is 0.914. The van der Waals surface area contributed by atoms with E-state index in [0.717, 1.165) is 24.0 Å². The van der Waals surface area contributed by atoms with Gasteiger partial charge in [0.05, 0.1) is 16.3 Å². The van der Waals surface area contributed by atoms with Gasteiger partial charge in [-0.15, -0.1) is 0 Å². The first-order chi connectivity index (χ1) is 15.8. The molecule has 0 bridgehead atoms. The molecule has 1 saturated carbocycles. The molecule has 0 unspecified atom stereocenters. The summed E-state index contributed by atoms with van der Waals surface area (Å²) in [5.41, 5.74) is 2.15. The van der Waals surface area contributed by atoms with E-state index in [4.69, 9.17) is 9.47 Å².